The topological polar surface area (TPSA) is 56.9 Å². The zero-order valence-corrected chi connectivity index (χ0v) is 9.27. The minimum Gasteiger partial charge on any atom is -0.367 e. The highest BCUT2D eigenvalue weighted by atomic mass is 32.2. The van der Waals surface area contributed by atoms with Crippen LogP contribution in [0.5, 0.6) is 0 Å². The Morgan fingerprint density at radius 1 is 1.67 bits per heavy atom. The first-order valence-corrected chi connectivity index (χ1v) is 6.22. The van der Waals surface area contributed by atoms with Gasteiger partial charge in [-0.25, -0.2) is 0 Å². The Kier molecular flexibility index (Phi) is 3.69. The average molecular weight is 225 g/mol. The number of H-pyrrole nitrogens is 1. The molecule has 1 aromatic rings. The number of amides is 1. The number of aromatic nitrogens is 1. The fraction of sp³-hybridized carbons (Fsp3) is 0.500. The number of carbonyl (C=O) groups excluding carboxylic acids is 1. The first-order chi connectivity index (χ1) is 7.36. The maximum Gasteiger partial charge on any atom is 0.238 e. The van der Waals surface area contributed by atoms with E-state index in [9.17, 15) is 4.79 Å². The average Bonchev–Trinajstić information content (AvgIpc) is 2.90. The highest BCUT2D eigenvalue weighted by Crippen LogP contribution is 2.09. The molecule has 15 heavy (non-hydrogen) atoms. The summed E-state index contributed by atoms with van der Waals surface area (Å²) in [6, 6.07) is 2.02. The van der Waals surface area contributed by atoms with Crippen molar-refractivity contribution in [2.24, 2.45) is 0 Å². The lowest BCUT2D eigenvalue weighted by molar-refractivity contribution is -0.122. The summed E-state index contributed by atoms with van der Waals surface area (Å²) in [7, 11) is 0. The third-order valence-electron chi connectivity index (χ3n) is 2.41. The molecule has 0 aliphatic carbocycles. The second kappa shape index (κ2) is 5.23. The molecule has 1 saturated heterocycles. The van der Waals surface area contributed by atoms with Crippen LogP contribution in [0.15, 0.2) is 18.5 Å². The molecule has 3 N–H and O–H groups in total. The summed E-state index contributed by atoms with van der Waals surface area (Å²) in [4.78, 5) is 14.6. The monoisotopic (exact) mass is 225 g/mol. The Balaban J connectivity index is 1.67. The van der Waals surface area contributed by atoms with E-state index in [2.05, 4.69) is 15.6 Å². The highest BCUT2D eigenvalue weighted by molar-refractivity contribution is 7.99. The quantitative estimate of drug-likeness (QED) is 0.692. The van der Waals surface area contributed by atoms with Crippen molar-refractivity contribution in [2.75, 3.05) is 18.2 Å². The molecule has 1 fully saturated rings. The predicted octanol–water partition coefficient (Wildman–Crippen LogP) is 0.336. The molecule has 1 unspecified atom stereocenters. The van der Waals surface area contributed by atoms with Crippen LogP contribution in [0.2, 0.25) is 0 Å². The standard InChI is InChI=1S/C10H15N3OS/c14-10(9-6-15-7-13-9)12-4-2-8-1-3-11-5-8/h1,3,5,9,11,13H,2,4,6-7H2,(H,12,14). The van der Waals surface area contributed by atoms with E-state index in [1.54, 1.807) is 11.8 Å². The van der Waals surface area contributed by atoms with E-state index in [1.165, 1.54) is 5.56 Å². The van der Waals surface area contributed by atoms with Gasteiger partial charge in [-0.05, 0) is 18.1 Å². The van der Waals surface area contributed by atoms with Gasteiger partial charge in [0.25, 0.3) is 0 Å². The summed E-state index contributed by atoms with van der Waals surface area (Å²) in [5.74, 6) is 1.89. The summed E-state index contributed by atoms with van der Waals surface area (Å²) in [6.45, 7) is 0.708. The molecule has 1 aliphatic heterocycles. The van der Waals surface area contributed by atoms with Gasteiger partial charge in [0.2, 0.25) is 5.91 Å². The molecule has 4 nitrogen and oxygen atoms in total. The van der Waals surface area contributed by atoms with Gasteiger partial charge in [-0.1, -0.05) is 0 Å². The van der Waals surface area contributed by atoms with Crippen molar-refractivity contribution in [3.8, 4) is 0 Å². The lowest BCUT2D eigenvalue weighted by Gasteiger charge is -2.09. The number of hydrogen-bond acceptors (Lipinski definition) is 3. The summed E-state index contributed by atoms with van der Waals surface area (Å²) < 4.78 is 0. The van der Waals surface area contributed by atoms with Gasteiger partial charge in [0.15, 0.2) is 0 Å². The van der Waals surface area contributed by atoms with Crippen LogP contribution < -0.4 is 10.6 Å². The molecule has 1 aliphatic rings. The Hall–Kier alpha value is -0.940. The molecule has 82 valence electrons. The summed E-state index contributed by atoms with van der Waals surface area (Å²) in [5.41, 5.74) is 1.23. The van der Waals surface area contributed by atoms with Crippen molar-refractivity contribution >= 4 is 17.7 Å². The second-order valence-electron chi connectivity index (χ2n) is 3.53. The molecule has 5 heteroatoms. The third-order valence-corrected chi connectivity index (χ3v) is 3.35. The van der Waals surface area contributed by atoms with Gasteiger partial charge < -0.3 is 10.3 Å². The van der Waals surface area contributed by atoms with E-state index >= 15 is 0 Å². The van der Waals surface area contributed by atoms with Gasteiger partial charge >= 0.3 is 0 Å². The van der Waals surface area contributed by atoms with E-state index in [0.717, 1.165) is 18.1 Å². The normalized spacial score (nSPS) is 20.4. The fourth-order valence-corrected chi connectivity index (χ4v) is 2.47. The van der Waals surface area contributed by atoms with Gasteiger partial charge in [-0.15, -0.1) is 11.8 Å². The van der Waals surface area contributed by atoms with Gasteiger partial charge in [-0.3, -0.25) is 10.1 Å². The zero-order chi connectivity index (χ0) is 10.5. The largest absolute Gasteiger partial charge is 0.367 e. The van der Waals surface area contributed by atoms with Gasteiger partial charge in [0.1, 0.15) is 0 Å². The molecule has 0 bridgehead atoms. The Morgan fingerprint density at radius 3 is 3.27 bits per heavy atom. The van der Waals surface area contributed by atoms with Crippen LogP contribution in [0.25, 0.3) is 0 Å². The van der Waals surface area contributed by atoms with Gasteiger partial charge in [-0.2, -0.15) is 0 Å². The van der Waals surface area contributed by atoms with Crippen LogP contribution >= 0.6 is 11.8 Å². The van der Waals surface area contributed by atoms with Gasteiger partial charge in [0, 0.05) is 30.6 Å². The first-order valence-electron chi connectivity index (χ1n) is 5.07. The zero-order valence-electron chi connectivity index (χ0n) is 8.45. The number of carbonyl (C=O) groups is 1. The SMILES string of the molecule is O=C(NCCc1cc[nH]c1)C1CSCN1. The van der Waals surface area contributed by atoms with Crippen LogP contribution in [0.4, 0.5) is 0 Å². The third kappa shape index (κ3) is 3.00. The summed E-state index contributed by atoms with van der Waals surface area (Å²) in [6.07, 6.45) is 4.73. The Morgan fingerprint density at radius 2 is 2.60 bits per heavy atom. The maximum absolute atomic E-state index is 11.6. The van der Waals surface area contributed by atoms with Crippen LogP contribution in [0.1, 0.15) is 5.56 Å². The molecule has 0 saturated carbocycles. The van der Waals surface area contributed by atoms with E-state index < -0.39 is 0 Å². The molecular formula is C10H15N3OS. The van der Waals surface area contributed by atoms with E-state index in [1.807, 2.05) is 18.5 Å². The van der Waals surface area contributed by atoms with E-state index in [0.29, 0.717) is 6.54 Å². The lowest BCUT2D eigenvalue weighted by Crippen LogP contribution is -2.42. The number of nitrogens with one attached hydrogen (secondary N) is 3. The minimum atomic E-state index is 0.00113. The maximum atomic E-state index is 11.6. The molecule has 0 spiro atoms. The van der Waals surface area contributed by atoms with Crippen molar-refractivity contribution in [3.05, 3.63) is 24.0 Å². The first kappa shape index (κ1) is 10.6. The number of hydrogen-bond donors (Lipinski definition) is 3. The van der Waals surface area contributed by atoms with Gasteiger partial charge in [0.05, 0.1) is 6.04 Å². The molecule has 2 rings (SSSR count). The van der Waals surface area contributed by atoms with E-state index in [4.69, 9.17) is 0 Å². The van der Waals surface area contributed by atoms with Crippen LogP contribution in [-0.4, -0.2) is 35.1 Å². The summed E-state index contributed by atoms with van der Waals surface area (Å²) in [5, 5.41) is 6.08. The van der Waals surface area contributed by atoms with Crippen LogP contribution in [0, 0.1) is 0 Å². The van der Waals surface area contributed by atoms with Crippen LogP contribution in [0.3, 0.4) is 0 Å². The number of thioether (sulfide) groups is 1. The van der Waals surface area contributed by atoms with Crippen LogP contribution in [-0.2, 0) is 11.2 Å². The fourth-order valence-electron chi connectivity index (χ4n) is 1.53. The lowest BCUT2D eigenvalue weighted by atomic mass is 10.2. The Labute approximate surface area is 93.2 Å². The predicted molar refractivity (Wildman–Crippen MR) is 61.8 cm³/mol. The van der Waals surface area contributed by atoms with Crippen molar-refractivity contribution < 1.29 is 4.79 Å². The molecular weight excluding hydrogens is 210 g/mol. The molecule has 1 atom stereocenters. The number of rotatable bonds is 4. The second-order valence-corrected chi connectivity index (χ2v) is 4.56. The minimum absolute atomic E-state index is 0.00113. The van der Waals surface area contributed by atoms with E-state index in [-0.39, 0.29) is 11.9 Å². The Bertz CT molecular complexity index is 306. The molecule has 0 radical (unpaired) electrons. The molecule has 1 amide bonds. The van der Waals surface area contributed by atoms with Crippen molar-refractivity contribution in [3.63, 3.8) is 0 Å². The van der Waals surface area contributed by atoms with Crippen molar-refractivity contribution in [1.82, 2.24) is 15.6 Å². The molecule has 0 aromatic carbocycles. The number of aromatic amines is 1. The molecule has 1 aromatic heterocycles. The summed E-state index contributed by atoms with van der Waals surface area (Å²) >= 11 is 1.76. The van der Waals surface area contributed by atoms with Crippen molar-refractivity contribution in [1.29, 1.82) is 0 Å². The van der Waals surface area contributed by atoms with Crippen molar-refractivity contribution in [2.45, 2.75) is 12.5 Å². The molecule has 2 heterocycles. The smallest absolute Gasteiger partial charge is 0.238 e. The highest BCUT2D eigenvalue weighted by Gasteiger charge is 2.21.